The highest BCUT2D eigenvalue weighted by atomic mass is 16.5. The zero-order chi connectivity index (χ0) is 12.3. The number of carbonyl (C=O) groups is 1. The van der Waals surface area contributed by atoms with Gasteiger partial charge in [-0.25, -0.2) is 4.79 Å². The second-order valence-electron chi connectivity index (χ2n) is 4.08. The molecule has 0 bridgehead atoms. The van der Waals surface area contributed by atoms with Gasteiger partial charge in [-0.15, -0.1) is 0 Å². The van der Waals surface area contributed by atoms with Crippen molar-refractivity contribution in [2.75, 3.05) is 13.2 Å². The highest BCUT2D eigenvalue weighted by Gasteiger charge is 2.36. The van der Waals surface area contributed by atoms with E-state index in [1.165, 1.54) is 0 Å². The van der Waals surface area contributed by atoms with E-state index in [4.69, 9.17) is 19.1 Å². The van der Waals surface area contributed by atoms with E-state index >= 15 is 0 Å². The number of hydrogen-bond donors (Lipinski definition) is 1. The quantitative estimate of drug-likeness (QED) is 0.811. The summed E-state index contributed by atoms with van der Waals surface area (Å²) in [5, 5.41) is 12.2. The van der Waals surface area contributed by atoms with Crippen LogP contribution in [-0.2, 0) is 26.5 Å². The van der Waals surface area contributed by atoms with Crippen LogP contribution in [0.3, 0.4) is 0 Å². The minimum Gasteiger partial charge on any atom is -0.480 e. The van der Waals surface area contributed by atoms with Crippen LogP contribution in [0.1, 0.15) is 31.5 Å². The van der Waals surface area contributed by atoms with Gasteiger partial charge in [-0.1, -0.05) is 5.16 Å². The van der Waals surface area contributed by atoms with Crippen molar-refractivity contribution < 1.29 is 23.9 Å². The molecule has 0 spiro atoms. The maximum Gasteiger partial charge on any atom is 0.329 e. The molecule has 1 aromatic heterocycles. The monoisotopic (exact) mass is 242 g/mol. The number of carboxylic acid groups (broad SMARTS) is 1. The van der Waals surface area contributed by atoms with E-state index in [1.807, 2.05) is 6.92 Å². The molecule has 0 aliphatic carbocycles. The molecular formula is C10H14N2O5. The van der Waals surface area contributed by atoms with Crippen LogP contribution in [0.25, 0.3) is 0 Å². The third-order valence-electron chi connectivity index (χ3n) is 2.61. The van der Waals surface area contributed by atoms with E-state index in [2.05, 4.69) is 10.1 Å². The molecule has 17 heavy (non-hydrogen) atoms. The molecule has 1 saturated heterocycles. The van der Waals surface area contributed by atoms with E-state index in [0.29, 0.717) is 12.4 Å². The number of ether oxygens (including phenoxy) is 2. The Hall–Kier alpha value is -1.47. The molecule has 1 atom stereocenters. The molecule has 1 aliphatic heterocycles. The van der Waals surface area contributed by atoms with E-state index < -0.39 is 11.6 Å². The first kappa shape index (κ1) is 12.0. The van der Waals surface area contributed by atoms with Gasteiger partial charge in [0.05, 0.1) is 0 Å². The predicted octanol–water partition coefficient (Wildman–Crippen LogP) is 0.696. The number of carboxylic acids is 1. The highest BCUT2D eigenvalue weighted by Crippen LogP contribution is 2.33. The topological polar surface area (TPSA) is 94.7 Å². The fourth-order valence-electron chi connectivity index (χ4n) is 1.71. The van der Waals surface area contributed by atoms with Crippen molar-refractivity contribution in [1.82, 2.24) is 10.1 Å². The lowest BCUT2D eigenvalue weighted by Crippen LogP contribution is -2.21. The minimum absolute atomic E-state index is 0.00458. The van der Waals surface area contributed by atoms with Crippen LogP contribution in [0.2, 0.25) is 0 Å². The van der Waals surface area contributed by atoms with Gasteiger partial charge >= 0.3 is 5.97 Å². The molecule has 94 valence electrons. The number of aromatic nitrogens is 2. The maximum atomic E-state index is 10.2. The SMILES string of the molecule is CC1(c2noc(COCC(=O)O)n2)CCCO1. The molecule has 1 aromatic rings. The lowest BCUT2D eigenvalue weighted by molar-refractivity contribution is -0.142. The van der Waals surface area contributed by atoms with Crippen molar-refractivity contribution in [3.05, 3.63) is 11.7 Å². The van der Waals surface area contributed by atoms with Crippen molar-refractivity contribution in [3.8, 4) is 0 Å². The molecule has 7 heteroatoms. The van der Waals surface area contributed by atoms with Crippen LogP contribution < -0.4 is 0 Å². The van der Waals surface area contributed by atoms with E-state index in [1.54, 1.807) is 0 Å². The standard InChI is InChI=1S/C10H14N2O5/c1-10(3-2-4-16-10)9-11-7(17-12-9)5-15-6-8(13)14/h2-6H2,1H3,(H,13,14). The summed E-state index contributed by atoms with van der Waals surface area (Å²) in [5.74, 6) is -0.280. The zero-order valence-corrected chi connectivity index (χ0v) is 9.51. The zero-order valence-electron chi connectivity index (χ0n) is 9.51. The van der Waals surface area contributed by atoms with Gasteiger partial charge < -0.3 is 19.1 Å². The molecule has 0 aromatic carbocycles. The van der Waals surface area contributed by atoms with Crippen LogP contribution in [0.15, 0.2) is 4.52 Å². The second-order valence-corrected chi connectivity index (χ2v) is 4.08. The van der Waals surface area contributed by atoms with Crippen LogP contribution in [0, 0.1) is 0 Å². The lowest BCUT2D eigenvalue weighted by atomic mass is 10.0. The van der Waals surface area contributed by atoms with E-state index in [9.17, 15) is 4.79 Å². The fraction of sp³-hybridized carbons (Fsp3) is 0.700. The molecule has 1 N–H and O–H groups in total. The smallest absolute Gasteiger partial charge is 0.329 e. The highest BCUT2D eigenvalue weighted by molar-refractivity contribution is 5.67. The lowest BCUT2D eigenvalue weighted by Gasteiger charge is -2.17. The van der Waals surface area contributed by atoms with E-state index in [0.717, 1.165) is 12.8 Å². The molecular weight excluding hydrogens is 228 g/mol. The Morgan fingerprint density at radius 2 is 2.47 bits per heavy atom. The summed E-state index contributed by atoms with van der Waals surface area (Å²) in [6.45, 7) is 2.21. The summed E-state index contributed by atoms with van der Waals surface area (Å²) >= 11 is 0. The predicted molar refractivity (Wildman–Crippen MR) is 54.1 cm³/mol. The average molecular weight is 242 g/mol. The second kappa shape index (κ2) is 4.80. The number of aliphatic carboxylic acids is 1. The van der Waals surface area contributed by atoms with Gasteiger partial charge in [0, 0.05) is 6.61 Å². The normalized spacial score (nSPS) is 24.1. The first-order chi connectivity index (χ1) is 8.10. The first-order valence-corrected chi connectivity index (χ1v) is 5.37. The number of hydrogen-bond acceptors (Lipinski definition) is 6. The Labute approximate surface area is 97.7 Å². The van der Waals surface area contributed by atoms with E-state index in [-0.39, 0.29) is 19.1 Å². The molecule has 2 heterocycles. The third kappa shape index (κ3) is 2.80. The molecule has 1 aliphatic rings. The van der Waals surface area contributed by atoms with Gasteiger partial charge in [0.15, 0.2) is 0 Å². The summed E-state index contributed by atoms with van der Waals surface area (Å²) < 4.78 is 15.4. The average Bonchev–Trinajstić information content (AvgIpc) is 2.87. The molecule has 0 saturated carbocycles. The van der Waals surface area contributed by atoms with Crippen molar-refractivity contribution >= 4 is 5.97 Å². The molecule has 0 amide bonds. The molecule has 7 nitrogen and oxygen atoms in total. The van der Waals surface area contributed by atoms with Crippen LogP contribution in [-0.4, -0.2) is 34.4 Å². The van der Waals surface area contributed by atoms with Crippen LogP contribution >= 0.6 is 0 Å². The summed E-state index contributed by atoms with van der Waals surface area (Å²) in [6.07, 6.45) is 1.82. The molecule has 2 rings (SSSR count). The first-order valence-electron chi connectivity index (χ1n) is 5.37. The van der Waals surface area contributed by atoms with Gasteiger partial charge in [-0.2, -0.15) is 4.98 Å². The Morgan fingerprint density at radius 1 is 1.65 bits per heavy atom. The number of rotatable bonds is 5. The summed E-state index contributed by atoms with van der Waals surface area (Å²) in [5.41, 5.74) is -0.492. The van der Waals surface area contributed by atoms with Crippen molar-refractivity contribution in [2.45, 2.75) is 32.0 Å². The van der Waals surface area contributed by atoms with Gasteiger partial charge in [-0.3, -0.25) is 0 Å². The van der Waals surface area contributed by atoms with Crippen molar-refractivity contribution in [1.29, 1.82) is 0 Å². The largest absolute Gasteiger partial charge is 0.480 e. The van der Waals surface area contributed by atoms with Gasteiger partial charge in [0.2, 0.25) is 5.82 Å². The van der Waals surface area contributed by atoms with Crippen molar-refractivity contribution in [2.24, 2.45) is 0 Å². The van der Waals surface area contributed by atoms with Gasteiger partial charge in [-0.05, 0) is 19.8 Å². The van der Waals surface area contributed by atoms with Gasteiger partial charge in [0.1, 0.15) is 18.8 Å². The minimum atomic E-state index is -1.03. The molecule has 1 fully saturated rings. The Balaban J connectivity index is 1.93. The van der Waals surface area contributed by atoms with Crippen LogP contribution in [0.4, 0.5) is 0 Å². The Morgan fingerprint density at radius 3 is 3.12 bits per heavy atom. The third-order valence-corrected chi connectivity index (χ3v) is 2.61. The Kier molecular flexibility index (Phi) is 3.39. The molecule has 0 radical (unpaired) electrons. The molecule has 1 unspecified atom stereocenters. The van der Waals surface area contributed by atoms with Crippen molar-refractivity contribution in [3.63, 3.8) is 0 Å². The Bertz CT molecular complexity index is 397. The fourth-order valence-corrected chi connectivity index (χ4v) is 1.71. The van der Waals surface area contributed by atoms with Gasteiger partial charge in [0.25, 0.3) is 5.89 Å². The summed E-state index contributed by atoms with van der Waals surface area (Å²) in [7, 11) is 0. The van der Waals surface area contributed by atoms with Crippen LogP contribution in [0.5, 0.6) is 0 Å². The summed E-state index contributed by atoms with van der Waals surface area (Å²) in [6, 6.07) is 0. The number of nitrogens with zero attached hydrogens (tertiary/aromatic N) is 2. The summed E-state index contributed by atoms with van der Waals surface area (Å²) in [4.78, 5) is 14.4. The maximum absolute atomic E-state index is 10.2.